The topological polar surface area (TPSA) is 49.7 Å². The second-order valence-corrected chi connectivity index (χ2v) is 7.93. The zero-order chi connectivity index (χ0) is 18.0. The number of hydrogen-bond acceptors (Lipinski definition) is 3. The predicted octanol–water partition coefficient (Wildman–Crippen LogP) is 4.23. The third-order valence-corrected chi connectivity index (χ3v) is 6.15. The fourth-order valence-electron chi connectivity index (χ4n) is 3.14. The van der Waals surface area contributed by atoms with Crippen LogP contribution in [-0.2, 0) is 10.0 Å². The number of benzene rings is 3. The molecule has 0 saturated carbocycles. The first kappa shape index (κ1) is 16.5. The van der Waals surface area contributed by atoms with Crippen molar-refractivity contribution in [3.63, 3.8) is 0 Å². The number of hydrogen-bond donors (Lipinski definition) is 0. The van der Waals surface area contributed by atoms with E-state index in [9.17, 15) is 8.42 Å². The molecule has 0 N–H and O–H groups in total. The summed E-state index contributed by atoms with van der Waals surface area (Å²) in [7, 11) is -3.73. The van der Waals surface area contributed by atoms with Crippen molar-refractivity contribution in [1.29, 1.82) is 0 Å². The molecule has 5 heteroatoms. The zero-order valence-corrected chi connectivity index (χ0v) is 14.9. The molecule has 0 fully saturated rings. The third-order valence-electron chi connectivity index (χ3n) is 4.45. The van der Waals surface area contributed by atoms with Crippen LogP contribution >= 0.6 is 0 Å². The molecule has 3 aromatic rings. The summed E-state index contributed by atoms with van der Waals surface area (Å²) in [6.45, 7) is 0. The average Bonchev–Trinajstić information content (AvgIpc) is 3.16. The molecule has 4 rings (SSSR count). The molecule has 4 nitrogen and oxygen atoms in total. The van der Waals surface area contributed by atoms with Crippen LogP contribution in [0.5, 0.6) is 0 Å². The lowest BCUT2D eigenvalue weighted by Gasteiger charge is -2.23. The lowest BCUT2D eigenvalue weighted by atomic mass is 9.99. The molecule has 0 amide bonds. The Morgan fingerprint density at radius 1 is 0.769 bits per heavy atom. The smallest absolute Gasteiger partial charge is 0.200 e. The van der Waals surface area contributed by atoms with Gasteiger partial charge in [0, 0.05) is 6.42 Å². The van der Waals surface area contributed by atoms with Gasteiger partial charge in [-0.3, -0.25) is 0 Å². The van der Waals surface area contributed by atoms with Gasteiger partial charge in [0.15, 0.2) is 0 Å². The molecular formula is C21H18N2O2S. The van der Waals surface area contributed by atoms with Crippen molar-refractivity contribution >= 4 is 15.7 Å². The van der Waals surface area contributed by atoms with E-state index in [0.717, 1.165) is 16.8 Å². The van der Waals surface area contributed by atoms with E-state index in [0.29, 0.717) is 6.42 Å². The molecule has 26 heavy (non-hydrogen) atoms. The van der Waals surface area contributed by atoms with Gasteiger partial charge in [-0.2, -0.15) is 17.9 Å². The van der Waals surface area contributed by atoms with Crippen molar-refractivity contribution in [1.82, 2.24) is 4.41 Å². The number of rotatable bonds is 4. The number of hydrazone groups is 1. The molecule has 0 aromatic heterocycles. The molecule has 1 heterocycles. The summed E-state index contributed by atoms with van der Waals surface area (Å²) in [4.78, 5) is 0.249. The molecule has 1 aliphatic heterocycles. The van der Waals surface area contributed by atoms with Gasteiger partial charge in [-0.1, -0.05) is 78.9 Å². The summed E-state index contributed by atoms with van der Waals surface area (Å²) in [5.41, 5.74) is 2.65. The third kappa shape index (κ3) is 3.02. The van der Waals surface area contributed by atoms with Crippen LogP contribution in [0.15, 0.2) is 101 Å². The van der Waals surface area contributed by atoms with Crippen LogP contribution in [0, 0.1) is 0 Å². The van der Waals surface area contributed by atoms with Crippen LogP contribution in [0.4, 0.5) is 0 Å². The molecule has 0 unspecified atom stereocenters. The maximum atomic E-state index is 13.2. The first-order valence-corrected chi connectivity index (χ1v) is 9.87. The Balaban J connectivity index is 1.80. The summed E-state index contributed by atoms with van der Waals surface area (Å²) < 4.78 is 27.7. The van der Waals surface area contributed by atoms with Crippen molar-refractivity contribution in [2.24, 2.45) is 5.10 Å². The van der Waals surface area contributed by atoms with Gasteiger partial charge in [0.05, 0.1) is 16.6 Å². The molecule has 1 atom stereocenters. The van der Waals surface area contributed by atoms with E-state index >= 15 is 0 Å². The summed E-state index contributed by atoms with van der Waals surface area (Å²) >= 11 is 0. The predicted molar refractivity (Wildman–Crippen MR) is 102 cm³/mol. The maximum absolute atomic E-state index is 13.2. The summed E-state index contributed by atoms with van der Waals surface area (Å²) in [5, 5.41) is 4.53. The van der Waals surface area contributed by atoms with Gasteiger partial charge in [0.1, 0.15) is 0 Å². The van der Waals surface area contributed by atoms with Gasteiger partial charge in [-0.05, 0) is 23.3 Å². The minimum Gasteiger partial charge on any atom is -0.200 e. The zero-order valence-electron chi connectivity index (χ0n) is 14.1. The van der Waals surface area contributed by atoms with E-state index < -0.39 is 10.0 Å². The molecule has 0 spiro atoms. The van der Waals surface area contributed by atoms with Crippen LogP contribution < -0.4 is 0 Å². The second kappa shape index (κ2) is 6.77. The van der Waals surface area contributed by atoms with Crippen molar-refractivity contribution in [2.75, 3.05) is 0 Å². The van der Waals surface area contributed by atoms with Gasteiger partial charge in [-0.25, -0.2) is 0 Å². The highest BCUT2D eigenvalue weighted by Gasteiger charge is 2.37. The van der Waals surface area contributed by atoms with E-state index in [1.165, 1.54) is 4.41 Å². The Morgan fingerprint density at radius 2 is 1.31 bits per heavy atom. The highest BCUT2D eigenvalue weighted by molar-refractivity contribution is 7.89. The van der Waals surface area contributed by atoms with E-state index in [2.05, 4.69) is 5.10 Å². The minimum absolute atomic E-state index is 0.249. The van der Waals surface area contributed by atoms with Gasteiger partial charge in [0.25, 0.3) is 10.0 Å². The van der Waals surface area contributed by atoms with Crippen LogP contribution in [-0.4, -0.2) is 18.5 Å². The van der Waals surface area contributed by atoms with E-state index in [4.69, 9.17) is 0 Å². The Kier molecular flexibility index (Phi) is 4.31. The standard InChI is InChI=1S/C21H18N2O2S/c24-26(25,19-14-8-3-9-15-19)23-21(18-12-6-2-7-13-18)16-20(22-23)17-10-4-1-5-11-17/h1-15,21H,16H2/t21-/m0/s1. The Hall–Kier alpha value is -2.92. The van der Waals surface area contributed by atoms with E-state index in [1.54, 1.807) is 30.3 Å². The highest BCUT2D eigenvalue weighted by atomic mass is 32.2. The first-order chi connectivity index (χ1) is 12.7. The van der Waals surface area contributed by atoms with Crippen LogP contribution in [0.3, 0.4) is 0 Å². The van der Waals surface area contributed by atoms with Crippen LogP contribution in [0.2, 0.25) is 0 Å². The SMILES string of the molecule is O=S(=O)(c1ccccc1)N1N=C(c2ccccc2)C[C@H]1c1ccccc1. The van der Waals surface area contributed by atoms with Gasteiger partial charge in [-0.15, -0.1) is 0 Å². The molecule has 0 aliphatic carbocycles. The Morgan fingerprint density at radius 3 is 1.92 bits per heavy atom. The lowest BCUT2D eigenvalue weighted by molar-refractivity contribution is 0.371. The fourth-order valence-corrected chi connectivity index (χ4v) is 4.59. The summed E-state index contributed by atoms with van der Waals surface area (Å²) in [6.07, 6.45) is 0.542. The van der Waals surface area contributed by atoms with E-state index in [1.807, 2.05) is 60.7 Å². The quantitative estimate of drug-likeness (QED) is 0.697. The molecule has 130 valence electrons. The monoisotopic (exact) mass is 362 g/mol. The van der Waals surface area contributed by atoms with Crippen molar-refractivity contribution < 1.29 is 8.42 Å². The molecule has 0 saturated heterocycles. The minimum atomic E-state index is -3.73. The number of sulfonamides is 1. The van der Waals surface area contributed by atoms with Crippen molar-refractivity contribution in [3.05, 3.63) is 102 Å². The number of nitrogens with zero attached hydrogens (tertiary/aromatic N) is 2. The van der Waals surface area contributed by atoms with Gasteiger partial charge < -0.3 is 0 Å². The lowest BCUT2D eigenvalue weighted by Crippen LogP contribution is -2.27. The maximum Gasteiger partial charge on any atom is 0.279 e. The van der Waals surface area contributed by atoms with Gasteiger partial charge in [0.2, 0.25) is 0 Å². The fraction of sp³-hybridized carbons (Fsp3) is 0.0952. The van der Waals surface area contributed by atoms with Crippen molar-refractivity contribution in [3.8, 4) is 0 Å². The Labute approximate surface area is 153 Å². The molecule has 0 radical (unpaired) electrons. The normalized spacial score (nSPS) is 17.2. The molecule has 1 aliphatic rings. The van der Waals surface area contributed by atoms with Crippen LogP contribution in [0.25, 0.3) is 0 Å². The van der Waals surface area contributed by atoms with Gasteiger partial charge >= 0.3 is 0 Å². The molecular weight excluding hydrogens is 344 g/mol. The Bertz CT molecular complexity index is 1020. The largest absolute Gasteiger partial charge is 0.279 e. The van der Waals surface area contributed by atoms with E-state index in [-0.39, 0.29) is 10.9 Å². The van der Waals surface area contributed by atoms with Crippen LogP contribution in [0.1, 0.15) is 23.6 Å². The summed E-state index contributed by atoms with van der Waals surface area (Å²) in [6, 6.07) is 27.5. The second-order valence-electron chi connectivity index (χ2n) is 6.13. The molecule has 0 bridgehead atoms. The highest BCUT2D eigenvalue weighted by Crippen LogP contribution is 2.36. The first-order valence-electron chi connectivity index (χ1n) is 8.43. The summed E-state index contributed by atoms with van der Waals surface area (Å²) in [5.74, 6) is 0. The molecule has 3 aromatic carbocycles. The van der Waals surface area contributed by atoms with Crippen molar-refractivity contribution in [2.45, 2.75) is 17.4 Å². The average molecular weight is 362 g/mol.